The average Bonchev–Trinajstić information content (AvgIpc) is 3.04. The summed E-state index contributed by atoms with van der Waals surface area (Å²) >= 11 is 0. The van der Waals surface area contributed by atoms with Crippen LogP contribution in [0.25, 0.3) is 16.9 Å². The number of hydrogen-bond acceptors (Lipinski definition) is 3. The van der Waals surface area contributed by atoms with Crippen molar-refractivity contribution in [3.63, 3.8) is 0 Å². The smallest absolute Gasteiger partial charge is 0.316 e. The van der Waals surface area contributed by atoms with Crippen LogP contribution in [-0.4, -0.2) is 25.3 Å². The van der Waals surface area contributed by atoms with Gasteiger partial charge in [-0.15, -0.1) is 0 Å². The van der Waals surface area contributed by atoms with Crippen molar-refractivity contribution >= 4 is 11.2 Å². The van der Waals surface area contributed by atoms with Gasteiger partial charge in [0.15, 0.2) is 11.2 Å². The van der Waals surface area contributed by atoms with Crippen LogP contribution in [0.1, 0.15) is 26.1 Å². The van der Waals surface area contributed by atoms with E-state index < -0.39 is 23.5 Å². The molecule has 0 bridgehead atoms. The van der Waals surface area contributed by atoms with Gasteiger partial charge < -0.3 is 4.57 Å². The Morgan fingerprint density at radius 3 is 2.44 bits per heavy atom. The van der Waals surface area contributed by atoms with Crippen LogP contribution in [0.2, 0.25) is 0 Å². The number of aromatic nitrogens is 4. The normalized spacial score (nSPS) is 13.3. The molecule has 0 radical (unpaired) electrons. The van der Waals surface area contributed by atoms with Crippen molar-refractivity contribution in [3.8, 4) is 5.69 Å². The molecule has 144 valence electrons. The van der Waals surface area contributed by atoms with Gasteiger partial charge in [-0.2, -0.15) is 18.2 Å². The van der Waals surface area contributed by atoms with E-state index in [0.717, 1.165) is 6.92 Å². The van der Waals surface area contributed by atoms with Crippen molar-refractivity contribution in [2.24, 2.45) is 5.92 Å². The SMILES string of the molecule is CCn1cnc2c(=O)nc(CCC(C)C(F)(F)F)n(-c3ccc(F)cc3)c21. The summed E-state index contributed by atoms with van der Waals surface area (Å²) in [6.45, 7) is 3.45. The van der Waals surface area contributed by atoms with E-state index in [2.05, 4.69) is 9.97 Å². The Hall–Kier alpha value is -2.71. The number of alkyl halides is 3. The lowest BCUT2D eigenvalue weighted by molar-refractivity contribution is -0.171. The maximum absolute atomic E-state index is 13.3. The first kappa shape index (κ1) is 19.1. The molecule has 0 aliphatic rings. The fraction of sp³-hybridized carbons (Fsp3) is 0.389. The summed E-state index contributed by atoms with van der Waals surface area (Å²) < 4.78 is 55.2. The molecule has 0 amide bonds. The van der Waals surface area contributed by atoms with Crippen LogP contribution in [0, 0.1) is 11.7 Å². The molecule has 9 heteroatoms. The highest BCUT2D eigenvalue weighted by Gasteiger charge is 2.35. The van der Waals surface area contributed by atoms with Gasteiger partial charge in [-0.25, -0.2) is 9.37 Å². The molecule has 3 rings (SSSR count). The number of nitrogens with zero attached hydrogens (tertiary/aromatic N) is 4. The van der Waals surface area contributed by atoms with Crippen LogP contribution in [0.4, 0.5) is 17.6 Å². The van der Waals surface area contributed by atoms with Crippen molar-refractivity contribution < 1.29 is 17.6 Å². The summed E-state index contributed by atoms with van der Waals surface area (Å²) in [5.41, 5.74) is 0.455. The van der Waals surface area contributed by atoms with Gasteiger partial charge in [0.1, 0.15) is 11.6 Å². The van der Waals surface area contributed by atoms with E-state index in [-0.39, 0.29) is 24.2 Å². The predicted molar refractivity (Wildman–Crippen MR) is 92.3 cm³/mol. The molecule has 1 atom stereocenters. The van der Waals surface area contributed by atoms with Crippen LogP contribution in [0.15, 0.2) is 35.4 Å². The number of imidazole rings is 1. The van der Waals surface area contributed by atoms with Crippen LogP contribution in [0.5, 0.6) is 0 Å². The molecular formula is C18H18F4N4O. The Morgan fingerprint density at radius 1 is 1.19 bits per heavy atom. The summed E-state index contributed by atoms with van der Waals surface area (Å²) in [6.07, 6.45) is -3.12. The van der Waals surface area contributed by atoms with E-state index in [4.69, 9.17) is 0 Å². The van der Waals surface area contributed by atoms with E-state index in [0.29, 0.717) is 17.9 Å². The third kappa shape index (κ3) is 3.72. The van der Waals surface area contributed by atoms with Crippen LogP contribution >= 0.6 is 0 Å². The van der Waals surface area contributed by atoms with E-state index in [9.17, 15) is 22.4 Å². The van der Waals surface area contributed by atoms with Crippen LogP contribution in [0.3, 0.4) is 0 Å². The van der Waals surface area contributed by atoms with Crippen molar-refractivity contribution in [1.29, 1.82) is 0 Å². The standard InChI is InChI=1S/C18H18F4N4O/c1-3-25-10-23-15-16(27)24-14(9-4-11(2)18(20,21)22)26(17(15)25)13-7-5-12(19)6-8-13/h5-8,10-11H,3-4,9H2,1-2H3. The lowest BCUT2D eigenvalue weighted by Gasteiger charge is -2.18. The third-order valence-corrected chi connectivity index (χ3v) is 4.50. The number of fused-ring (bicyclic) bond motifs is 1. The number of halogens is 4. The van der Waals surface area contributed by atoms with Crippen molar-refractivity contribution in [2.45, 2.75) is 39.4 Å². The quantitative estimate of drug-likeness (QED) is 0.630. The maximum atomic E-state index is 13.3. The molecule has 0 saturated carbocycles. The van der Waals surface area contributed by atoms with Crippen LogP contribution in [-0.2, 0) is 13.0 Å². The fourth-order valence-corrected chi connectivity index (χ4v) is 2.87. The lowest BCUT2D eigenvalue weighted by atomic mass is 10.0. The minimum absolute atomic E-state index is 0.0574. The van der Waals surface area contributed by atoms with Crippen molar-refractivity contribution in [2.75, 3.05) is 0 Å². The molecular weight excluding hydrogens is 364 g/mol. The second-order valence-electron chi connectivity index (χ2n) is 6.33. The van der Waals surface area contributed by atoms with Crippen molar-refractivity contribution in [1.82, 2.24) is 19.1 Å². The summed E-state index contributed by atoms with van der Waals surface area (Å²) in [7, 11) is 0. The monoisotopic (exact) mass is 382 g/mol. The Morgan fingerprint density at radius 2 is 1.85 bits per heavy atom. The van der Waals surface area contributed by atoms with Gasteiger partial charge in [0.25, 0.3) is 0 Å². The fourth-order valence-electron chi connectivity index (χ4n) is 2.87. The zero-order chi connectivity index (χ0) is 19.8. The summed E-state index contributed by atoms with van der Waals surface area (Å²) in [5.74, 6) is -1.80. The van der Waals surface area contributed by atoms with Gasteiger partial charge in [0, 0.05) is 18.7 Å². The summed E-state index contributed by atoms with van der Waals surface area (Å²) in [4.78, 5) is 20.4. The number of aryl methyl sites for hydroxylation is 2. The Kier molecular flexibility index (Phi) is 5.03. The van der Waals surface area contributed by atoms with Gasteiger partial charge >= 0.3 is 11.7 Å². The first-order valence-corrected chi connectivity index (χ1v) is 8.51. The molecule has 0 spiro atoms. The molecule has 0 saturated heterocycles. The Labute approximate surface area is 152 Å². The van der Waals surface area contributed by atoms with Crippen molar-refractivity contribution in [3.05, 3.63) is 52.6 Å². The van der Waals surface area contributed by atoms with E-state index in [1.165, 1.54) is 30.6 Å². The van der Waals surface area contributed by atoms with Gasteiger partial charge in [0.05, 0.1) is 12.2 Å². The zero-order valence-electron chi connectivity index (χ0n) is 14.8. The average molecular weight is 382 g/mol. The number of hydrogen-bond donors (Lipinski definition) is 0. The molecule has 0 fully saturated rings. The molecule has 5 nitrogen and oxygen atoms in total. The third-order valence-electron chi connectivity index (χ3n) is 4.50. The first-order chi connectivity index (χ1) is 12.7. The predicted octanol–water partition coefficient (Wildman–Crippen LogP) is 3.87. The van der Waals surface area contributed by atoms with Gasteiger partial charge in [0.2, 0.25) is 0 Å². The molecule has 2 aromatic heterocycles. The molecule has 0 aliphatic carbocycles. The molecule has 0 aliphatic heterocycles. The van der Waals surface area contributed by atoms with Gasteiger partial charge in [-0.05, 0) is 37.6 Å². The highest BCUT2D eigenvalue weighted by molar-refractivity contribution is 5.72. The highest BCUT2D eigenvalue weighted by Crippen LogP contribution is 2.29. The molecule has 1 aromatic carbocycles. The highest BCUT2D eigenvalue weighted by atomic mass is 19.4. The summed E-state index contributed by atoms with van der Waals surface area (Å²) in [5, 5.41) is 0. The van der Waals surface area contributed by atoms with Gasteiger partial charge in [-0.3, -0.25) is 9.36 Å². The Balaban J connectivity index is 2.18. The maximum Gasteiger partial charge on any atom is 0.391 e. The molecule has 3 aromatic rings. The van der Waals surface area contributed by atoms with Crippen LogP contribution < -0.4 is 5.56 Å². The van der Waals surface area contributed by atoms with E-state index >= 15 is 0 Å². The summed E-state index contributed by atoms with van der Waals surface area (Å²) in [6, 6.07) is 5.47. The topological polar surface area (TPSA) is 52.7 Å². The largest absolute Gasteiger partial charge is 0.391 e. The second kappa shape index (κ2) is 7.13. The molecule has 2 heterocycles. The number of benzene rings is 1. The Bertz CT molecular complexity index is 1010. The van der Waals surface area contributed by atoms with E-state index in [1.807, 2.05) is 6.92 Å². The minimum atomic E-state index is -4.32. The van der Waals surface area contributed by atoms with Gasteiger partial charge in [-0.1, -0.05) is 6.92 Å². The molecule has 1 unspecified atom stereocenters. The molecule has 0 N–H and O–H groups in total. The minimum Gasteiger partial charge on any atom is -0.316 e. The number of rotatable bonds is 5. The first-order valence-electron chi connectivity index (χ1n) is 8.51. The second-order valence-corrected chi connectivity index (χ2v) is 6.33. The zero-order valence-corrected chi connectivity index (χ0v) is 14.8. The molecule has 27 heavy (non-hydrogen) atoms. The van der Waals surface area contributed by atoms with E-state index in [1.54, 1.807) is 9.13 Å². The lowest BCUT2D eigenvalue weighted by Crippen LogP contribution is -2.23.